The fourth-order valence-electron chi connectivity index (χ4n) is 2.48. The Morgan fingerprint density at radius 2 is 1.84 bits per heavy atom. The molecule has 1 aromatic heterocycles. The van der Waals surface area contributed by atoms with Crippen molar-refractivity contribution >= 4 is 27.5 Å². The molecule has 3 rings (SSSR count). The van der Waals surface area contributed by atoms with Gasteiger partial charge in [0.25, 0.3) is 11.8 Å². The average Bonchev–Trinajstić information content (AvgIpc) is 2.99. The summed E-state index contributed by atoms with van der Waals surface area (Å²) in [5.74, 6) is -1.00. The molecule has 2 N–H and O–H groups in total. The molecule has 0 atom stereocenters. The molecular weight excluding hydrogens is 344 g/mol. The van der Waals surface area contributed by atoms with Crippen molar-refractivity contribution < 1.29 is 18.0 Å². The number of benzene rings is 1. The summed E-state index contributed by atoms with van der Waals surface area (Å²) >= 11 is 0. The Hall–Kier alpha value is -2.94. The Balaban J connectivity index is 1.69. The number of nitrogens with zero attached hydrogens (tertiary/aromatic N) is 2. The molecule has 0 radical (unpaired) electrons. The lowest BCUT2D eigenvalue weighted by atomic mass is 10.2. The largest absolute Gasteiger partial charge is 0.288 e. The summed E-state index contributed by atoms with van der Waals surface area (Å²) in [5.41, 5.74) is 5.39. The maximum Gasteiger partial charge on any atom is 0.288 e. The van der Waals surface area contributed by atoms with Gasteiger partial charge in [-0.3, -0.25) is 29.7 Å². The Bertz CT molecular complexity index is 899. The van der Waals surface area contributed by atoms with E-state index in [9.17, 15) is 18.0 Å². The summed E-state index contributed by atoms with van der Waals surface area (Å²) in [5, 5.41) is 0. The molecular formula is C16H16N4O4S. The third-order valence-corrected chi connectivity index (χ3v) is 5.55. The minimum absolute atomic E-state index is 0.101. The first-order valence-corrected chi connectivity index (χ1v) is 9.20. The summed E-state index contributed by atoms with van der Waals surface area (Å²) in [6.45, 7) is 0.393. The number of carbonyl (C=O) groups is 2. The molecule has 0 aliphatic carbocycles. The third-order valence-electron chi connectivity index (χ3n) is 3.68. The predicted molar refractivity (Wildman–Crippen MR) is 91.4 cm³/mol. The van der Waals surface area contributed by atoms with Crippen LogP contribution in [-0.4, -0.2) is 37.5 Å². The van der Waals surface area contributed by atoms with Gasteiger partial charge < -0.3 is 0 Å². The number of anilines is 1. The van der Waals surface area contributed by atoms with Crippen molar-refractivity contribution in [2.45, 2.75) is 6.42 Å². The van der Waals surface area contributed by atoms with Gasteiger partial charge in [-0.05, 0) is 36.8 Å². The lowest BCUT2D eigenvalue weighted by molar-refractivity contribution is 0.0844. The number of sulfonamides is 1. The van der Waals surface area contributed by atoms with Gasteiger partial charge in [-0.1, -0.05) is 12.1 Å². The summed E-state index contributed by atoms with van der Waals surface area (Å²) in [7, 11) is -3.32. The third kappa shape index (κ3) is 3.77. The average molecular weight is 360 g/mol. The molecule has 2 heterocycles. The SMILES string of the molecule is O=C(NNC(=O)c1ccccn1)c1cccc(N2CCCS2(=O)=O)c1. The van der Waals surface area contributed by atoms with E-state index in [1.54, 1.807) is 24.3 Å². The smallest absolute Gasteiger partial charge is 0.270 e. The first-order chi connectivity index (χ1) is 12.0. The lowest BCUT2D eigenvalue weighted by Crippen LogP contribution is -2.42. The van der Waals surface area contributed by atoms with Crippen LogP contribution in [0.5, 0.6) is 0 Å². The minimum Gasteiger partial charge on any atom is -0.270 e. The normalized spacial score (nSPS) is 15.6. The van der Waals surface area contributed by atoms with E-state index >= 15 is 0 Å². The van der Waals surface area contributed by atoms with Crippen molar-refractivity contribution in [1.29, 1.82) is 0 Å². The molecule has 25 heavy (non-hydrogen) atoms. The molecule has 0 unspecified atom stereocenters. The molecule has 0 bridgehead atoms. The van der Waals surface area contributed by atoms with E-state index in [0.29, 0.717) is 18.7 Å². The van der Waals surface area contributed by atoms with Gasteiger partial charge in [0, 0.05) is 18.3 Å². The van der Waals surface area contributed by atoms with Crippen molar-refractivity contribution in [3.8, 4) is 0 Å². The second-order valence-corrected chi connectivity index (χ2v) is 7.43. The van der Waals surface area contributed by atoms with Crippen LogP contribution < -0.4 is 15.2 Å². The van der Waals surface area contributed by atoms with E-state index in [0.717, 1.165) is 0 Å². The molecule has 1 aliphatic heterocycles. The zero-order chi connectivity index (χ0) is 17.9. The maximum atomic E-state index is 12.2. The van der Waals surface area contributed by atoms with Gasteiger partial charge in [0.2, 0.25) is 10.0 Å². The number of nitrogens with one attached hydrogen (secondary N) is 2. The van der Waals surface area contributed by atoms with Gasteiger partial charge in [0.15, 0.2) is 0 Å². The first-order valence-electron chi connectivity index (χ1n) is 7.59. The number of amides is 2. The molecule has 1 aliphatic rings. The predicted octanol–water partition coefficient (Wildman–Crippen LogP) is 0.696. The number of rotatable bonds is 3. The molecule has 130 valence electrons. The molecule has 2 amide bonds. The van der Waals surface area contributed by atoms with Crippen LogP contribution in [0.4, 0.5) is 5.69 Å². The fourth-order valence-corrected chi connectivity index (χ4v) is 4.03. The first kappa shape index (κ1) is 16.9. The van der Waals surface area contributed by atoms with E-state index in [1.165, 1.54) is 28.7 Å². The number of aromatic nitrogens is 1. The zero-order valence-electron chi connectivity index (χ0n) is 13.2. The van der Waals surface area contributed by atoms with Crippen molar-refractivity contribution in [2.24, 2.45) is 0 Å². The minimum atomic E-state index is -3.32. The molecule has 0 spiro atoms. The van der Waals surface area contributed by atoms with Gasteiger partial charge in [-0.2, -0.15) is 0 Å². The summed E-state index contributed by atoms with van der Waals surface area (Å²) in [6.07, 6.45) is 2.02. The summed E-state index contributed by atoms with van der Waals surface area (Å²) in [4.78, 5) is 27.9. The van der Waals surface area contributed by atoms with Crippen LogP contribution in [0.2, 0.25) is 0 Å². The number of hydrogen-bond donors (Lipinski definition) is 2. The van der Waals surface area contributed by atoms with E-state index in [2.05, 4.69) is 15.8 Å². The second-order valence-electron chi connectivity index (χ2n) is 5.42. The standard InChI is InChI=1S/C16H16N4O4S/c21-15(18-19-16(22)14-7-1-2-8-17-14)12-5-3-6-13(11-12)20-9-4-10-25(20,23)24/h1-3,5-8,11H,4,9-10H2,(H,18,21)(H,19,22). The molecule has 1 fully saturated rings. The molecule has 9 heteroatoms. The van der Waals surface area contributed by atoms with Gasteiger partial charge >= 0.3 is 0 Å². The van der Waals surface area contributed by atoms with Crippen molar-refractivity contribution in [1.82, 2.24) is 15.8 Å². The Kier molecular flexibility index (Phi) is 4.66. The van der Waals surface area contributed by atoms with Gasteiger partial charge in [-0.15, -0.1) is 0 Å². The number of pyridine rings is 1. The molecule has 8 nitrogen and oxygen atoms in total. The van der Waals surface area contributed by atoms with Crippen LogP contribution >= 0.6 is 0 Å². The molecule has 1 aromatic carbocycles. The van der Waals surface area contributed by atoms with E-state index in [1.807, 2.05) is 0 Å². The number of hydrogen-bond acceptors (Lipinski definition) is 5. The molecule has 1 saturated heterocycles. The number of hydrazine groups is 1. The van der Waals surface area contributed by atoms with Crippen LogP contribution in [0.1, 0.15) is 27.3 Å². The van der Waals surface area contributed by atoms with E-state index in [-0.39, 0.29) is 17.0 Å². The Labute approximate surface area is 144 Å². The zero-order valence-corrected chi connectivity index (χ0v) is 14.0. The van der Waals surface area contributed by atoms with Crippen molar-refractivity contribution in [3.05, 3.63) is 59.9 Å². The van der Waals surface area contributed by atoms with Crippen LogP contribution in [0, 0.1) is 0 Å². The van der Waals surface area contributed by atoms with Crippen molar-refractivity contribution in [3.63, 3.8) is 0 Å². The quantitative estimate of drug-likeness (QED) is 0.783. The van der Waals surface area contributed by atoms with Crippen molar-refractivity contribution in [2.75, 3.05) is 16.6 Å². The van der Waals surface area contributed by atoms with Gasteiger partial charge in [0.05, 0.1) is 11.4 Å². The van der Waals surface area contributed by atoms with Crippen LogP contribution in [-0.2, 0) is 10.0 Å². The lowest BCUT2D eigenvalue weighted by Gasteiger charge is -2.17. The van der Waals surface area contributed by atoms with E-state index < -0.39 is 21.8 Å². The fraction of sp³-hybridized carbons (Fsp3) is 0.188. The van der Waals surface area contributed by atoms with E-state index in [4.69, 9.17) is 0 Å². The number of carbonyl (C=O) groups excluding carboxylic acids is 2. The van der Waals surface area contributed by atoms with Crippen LogP contribution in [0.3, 0.4) is 0 Å². The van der Waals surface area contributed by atoms with Gasteiger partial charge in [0.1, 0.15) is 5.69 Å². The Morgan fingerprint density at radius 1 is 1.04 bits per heavy atom. The Morgan fingerprint density at radius 3 is 2.52 bits per heavy atom. The van der Waals surface area contributed by atoms with Crippen LogP contribution in [0.25, 0.3) is 0 Å². The second kappa shape index (κ2) is 6.89. The van der Waals surface area contributed by atoms with Crippen LogP contribution in [0.15, 0.2) is 48.7 Å². The highest BCUT2D eigenvalue weighted by Crippen LogP contribution is 2.24. The summed E-state index contributed by atoms with van der Waals surface area (Å²) < 4.78 is 25.2. The van der Waals surface area contributed by atoms with Gasteiger partial charge in [-0.25, -0.2) is 8.42 Å². The monoisotopic (exact) mass is 360 g/mol. The highest BCUT2D eigenvalue weighted by molar-refractivity contribution is 7.93. The topological polar surface area (TPSA) is 108 Å². The summed E-state index contributed by atoms with van der Waals surface area (Å²) in [6, 6.07) is 11.1. The molecule has 0 saturated carbocycles. The molecule has 2 aromatic rings. The highest BCUT2D eigenvalue weighted by Gasteiger charge is 2.28. The maximum absolute atomic E-state index is 12.2. The highest BCUT2D eigenvalue weighted by atomic mass is 32.2.